The molecule has 0 aliphatic rings. The Morgan fingerprint density at radius 3 is 2.38 bits per heavy atom. The van der Waals surface area contributed by atoms with Crippen molar-refractivity contribution in [3.8, 4) is 0 Å². The second kappa shape index (κ2) is 7.59. The van der Waals surface area contributed by atoms with E-state index in [1.54, 1.807) is 6.92 Å². The number of hydrogen-bond donors (Lipinski definition) is 2. The number of sulfonamides is 1. The van der Waals surface area contributed by atoms with Crippen LogP contribution in [0.3, 0.4) is 0 Å². The fourth-order valence-electron chi connectivity index (χ4n) is 1.04. The lowest BCUT2D eigenvalue weighted by Gasteiger charge is -2.15. The molecule has 0 atom stereocenters. The summed E-state index contributed by atoms with van der Waals surface area (Å²) in [6.45, 7) is 5.44. The van der Waals surface area contributed by atoms with E-state index in [4.69, 9.17) is 0 Å². The lowest BCUT2D eigenvalue weighted by Crippen LogP contribution is -2.41. The molecule has 0 heterocycles. The number of rotatable bonds is 8. The molecule has 0 unspecified atom stereocenters. The van der Waals surface area contributed by atoms with Gasteiger partial charge in [-0.25, -0.2) is 8.42 Å². The second-order valence-electron chi connectivity index (χ2n) is 3.36. The molecule has 0 saturated carbocycles. The van der Waals surface area contributed by atoms with E-state index < -0.39 is 10.0 Å². The summed E-state index contributed by atoms with van der Waals surface area (Å²) in [5.41, 5.74) is 0. The first-order valence-electron chi connectivity index (χ1n) is 5.35. The number of carbonyl (C=O) groups is 1. The average Bonchev–Trinajstić information content (AvgIpc) is 2.24. The van der Waals surface area contributed by atoms with Crippen molar-refractivity contribution in [3.05, 3.63) is 0 Å². The molecule has 96 valence electrons. The third-order valence-electron chi connectivity index (χ3n) is 2.08. The molecule has 6 nitrogen and oxygen atoms in total. The normalized spacial score (nSPS) is 11.8. The fraction of sp³-hybridized carbons (Fsp3) is 0.889. The maximum absolute atomic E-state index is 11.3. The Morgan fingerprint density at radius 1 is 1.25 bits per heavy atom. The molecular formula is C9H21N3O3S. The maximum atomic E-state index is 11.3. The second-order valence-corrected chi connectivity index (χ2v) is 5.72. The summed E-state index contributed by atoms with van der Waals surface area (Å²) >= 11 is 0. The van der Waals surface area contributed by atoms with Crippen LogP contribution >= 0.6 is 0 Å². The van der Waals surface area contributed by atoms with Gasteiger partial charge in [0, 0.05) is 20.1 Å². The van der Waals surface area contributed by atoms with Crippen molar-refractivity contribution >= 4 is 15.9 Å². The van der Waals surface area contributed by atoms with E-state index in [2.05, 4.69) is 10.6 Å². The number of carbonyl (C=O) groups excluding carboxylic acids is 1. The number of likely N-dealkylation sites (N-methyl/N-ethyl adjacent to an activating group) is 2. The summed E-state index contributed by atoms with van der Waals surface area (Å²) in [4.78, 5) is 11.3. The Balaban J connectivity index is 3.88. The van der Waals surface area contributed by atoms with Crippen molar-refractivity contribution < 1.29 is 13.2 Å². The van der Waals surface area contributed by atoms with Crippen LogP contribution in [0.15, 0.2) is 0 Å². The van der Waals surface area contributed by atoms with Crippen LogP contribution in [-0.2, 0) is 14.8 Å². The third-order valence-corrected chi connectivity index (χ3v) is 3.89. The van der Waals surface area contributed by atoms with Gasteiger partial charge in [-0.1, -0.05) is 6.92 Å². The highest BCUT2D eigenvalue weighted by atomic mass is 32.2. The Labute approximate surface area is 97.4 Å². The predicted molar refractivity (Wildman–Crippen MR) is 63.6 cm³/mol. The lowest BCUT2D eigenvalue weighted by atomic mass is 10.5. The minimum absolute atomic E-state index is 0.00811. The molecule has 0 aromatic rings. The molecule has 2 N–H and O–H groups in total. The van der Waals surface area contributed by atoms with Gasteiger partial charge in [0.15, 0.2) is 0 Å². The van der Waals surface area contributed by atoms with Crippen molar-refractivity contribution in [3.63, 3.8) is 0 Å². The standard InChI is InChI=1S/C9H21N3O3S/c1-4-10-6-7-11-9(13)8-12(3)16(14,15)5-2/h10H,4-8H2,1-3H3,(H,11,13). The minimum atomic E-state index is -3.27. The lowest BCUT2D eigenvalue weighted by molar-refractivity contribution is -0.121. The summed E-state index contributed by atoms with van der Waals surface area (Å²) in [6.07, 6.45) is 0. The van der Waals surface area contributed by atoms with Crippen LogP contribution in [0.2, 0.25) is 0 Å². The number of hydrogen-bond acceptors (Lipinski definition) is 4. The number of nitrogens with one attached hydrogen (secondary N) is 2. The summed E-state index contributed by atoms with van der Waals surface area (Å²) in [6, 6.07) is 0. The topological polar surface area (TPSA) is 78.5 Å². The molecule has 0 fully saturated rings. The Kier molecular flexibility index (Phi) is 7.27. The zero-order valence-corrected chi connectivity index (χ0v) is 10.9. The molecule has 0 spiro atoms. The molecule has 0 bridgehead atoms. The first-order chi connectivity index (χ1) is 7.44. The molecule has 0 radical (unpaired) electrons. The molecule has 0 rings (SSSR count). The van der Waals surface area contributed by atoms with Crippen molar-refractivity contribution in [1.82, 2.24) is 14.9 Å². The number of amides is 1. The van der Waals surface area contributed by atoms with Gasteiger partial charge in [0.05, 0.1) is 12.3 Å². The number of nitrogens with zero attached hydrogens (tertiary/aromatic N) is 1. The van der Waals surface area contributed by atoms with Crippen molar-refractivity contribution in [2.45, 2.75) is 13.8 Å². The van der Waals surface area contributed by atoms with Gasteiger partial charge in [-0.15, -0.1) is 0 Å². The van der Waals surface area contributed by atoms with Gasteiger partial charge in [-0.3, -0.25) is 4.79 Å². The van der Waals surface area contributed by atoms with Crippen LogP contribution in [0, 0.1) is 0 Å². The summed E-state index contributed by atoms with van der Waals surface area (Å²) in [5, 5.41) is 5.69. The van der Waals surface area contributed by atoms with Crippen molar-refractivity contribution in [2.24, 2.45) is 0 Å². The highest BCUT2D eigenvalue weighted by Crippen LogP contribution is 1.95. The molecule has 0 saturated heterocycles. The quantitative estimate of drug-likeness (QED) is 0.542. The summed E-state index contributed by atoms with van der Waals surface area (Å²) < 4.78 is 23.8. The smallest absolute Gasteiger partial charge is 0.235 e. The van der Waals surface area contributed by atoms with Crippen LogP contribution in [0.1, 0.15) is 13.8 Å². The zero-order chi connectivity index (χ0) is 12.6. The molecule has 0 aromatic heterocycles. The van der Waals surface area contributed by atoms with Crippen LogP contribution in [0.4, 0.5) is 0 Å². The van der Waals surface area contributed by atoms with Gasteiger partial charge in [0.1, 0.15) is 0 Å². The van der Waals surface area contributed by atoms with E-state index in [1.165, 1.54) is 7.05 Å². The van der Waals surface area contributed by atoms with Crippen LogP contribution in [0.5, 0.6) is 0 Å². The van der Waals surface area contributed by atoms with E-state index in [0.717, 1.165) is 10.8 Å². The van der Waals surface area contributed by atoms with Gasteiger partial charge in [-0.05, 0) is 13.5 Å². The Bertz CT molecular complexity index is 303. The van der Waals surface area contributed by atoms with E-state index in [0.29, 0.717) is 13.1 Å². The van der Waals surface area contributed by atoms with Crippen LogP contribution in [0.25, 0.3) is 0 Å². The molecule has 0 aliphatic heterocycles. The van der Waals surface area contributed by atoms with E-state index >= 15 is 0 Å². The van der Waals surface area contributed by atoms with E-state index in [-0.39, 0.29) is 18.2 Å². The van der Waals surface area contributed by atoms with Crippen LogP contribution < -0.4 is 10.6 Å². The third kappa shape index (κ3) is 6.04. The molecule has 0 aliphatic carbocycles. The first-order valence-corrected chi connectivity index (χ1v) is 6.96. The first kappa shape index (κ1) is 15.3. The van der Waals surface area contributed by atoms with Gasteiger partial charge in [0.2, 0.25) is 15.9 Å². The molecule has 16 heavy (non-hydrogen) atoms. The van der Waals surface area contributed by atoms with E-state index in [1.807, 2.05) is 6.92 Å². The predicted octanol–water partition coefficient (Wildman–Crippen LogP) is -1.01. The largest absolute Gasteiger partial charge is 0.354 e. The van der Waals surface area contributed by atoms with E-state index in [9.17, 15) is 13.2 Å². The SMILES string of the molecule is CCNCCNC(=O)CN(C)S(=O)(=O)CC. The van der Waals surface area contributed by atoms with Crippen LogP contribution in [-0.4, -0.2) is 57.6 Å². The Hall–Kier alpha value is -0.660. The maximum Gasteiger partial charge on any atom is 0.235 e. The minimum Gasteiger partial charge on any atom is -0.354 e. The highest BCUT2D eigenvalue weighted by Gasteiger charge is 2.17. The molecule has 7 heteroatoms. The van der Waals surface area contributed by atoms with Gasteiger partial charge in [0.25, 0.3) is 0 Å². The average molecular weight is 251 g/mol. The van der Waals surface area contributed by atoms with Gasteiger partial charge < -0.3 is 10.6 Å². The molecular weight excluding hydrogens is 230 g/mol. The zero-order valence-electron chi connectivity index (χ0n) is 10.1. The fourth-order valence-corrected chi connectivity index (χ4v) is 1.80. The Morgan fingerprint density at radius 2 is 1.88 bits per heavy atom. The summed E-state index contributed by atoms with van der Waals surface area (Å²) in [7, 11) is -1.87. The van der Waals surface area contributed by atoms with Gasteiger partial charge >= 0.3 is 0 Å². The molecule has 1 amide bonds. The highest BCUT2D eigenvalue weighted by molar-refractivity contribution is 7.89. The monoisotopic (exact) mass is 251 g/mol. The van der Waals surface area contributed by atoms with Crippen molar-refractivity contribution in [1.29, 1.82) is 0 Å². The molecule has 0 aromatic carbocycles. The van der Waals surface area contributed by atoms with Gasteiger partial charge in [-0.2, -0.15) is 4.31 Å². The van der Waals surface area contributed by atoms with Crippen molar-refractivity contribution in [2.75, 3.05) is 39.0 Å². The summed E-state index contributed by atoms with van der Waals surface area (Å²) in [5.74, 6) is -0.272.